The van der Waals surface area contributed by atoms with Gasteiger partial charge in [0, 0.05) is 13.0 Å². The smallest absolute Gasteiger partial charge is 0.101 e. The van der Waals surface area contributed by atoms with Crippen LogP contribution in [0.25, 0.3) is 0 Å². The zero-order chi connectivity index (χ0) is 9.80. The lowest BCUT2D eigenvalue weighted by atomic mass is 10.0. The molecule has 0 amide bonds. The predicted octanol–water partition coefficient (Wildman–Crippen LogP) is 0.723. The Morgan fingerprint density at radius 2 is 2.07 bits per heavy atom. The molecule has 0 atom stereocenters. The third kappa shape index (κ3) is 1.93. The van der Waals surface area contributed by atoms with Crippen LogP contribution in [0.15, 0.2) is 29.3 Å². The van der Waals surface area contributed by atoms with Gasteiger partial charge in [-0.25, -0.2) is 0 Å². The first-order chi connectivity index (χ1) is 6.90. The van der Waals surface area contributed by atoms with Crippen LogP contribution in [0, 0.1) is 0 Å². The lowest BCUT2D eigenvalue weighted by molar-refractivity contribution is 0.300. The van der Waals surface area contributed by atoms with Crippen LogP contribution in [0.3, 0.4) is 0 Å². The predicted molar refractivity (Wildman–Crippen MR) is 56.4 cm³/mol. The molecule has 1 aliphatic heterocycles. The molecule has 0 radical (unpaired) electrons. The summed E-state index contributed by atoms with van der Waals surface area (Å²) in [6.07, 6.45) is 0.857. The van der Waals surface area contributed by atoms with Gasteiger partial charge in [-0.15, -0.1) is 0 Å². The Balaban J connectivity index is 2.05. The number of aliphatic hydroxyl groups excluding tert-OH is 1. The van der Waals surface area contributed by atoms with Gasteiger partial charge in [-0.3, -0.25) is 4.99 Å². The third-order valence-corrected chi connectivity index (χ3v) is 2.36. The number of rotatable bonds is 2. The molecule has 1 heterocycles. The van der Waals surface area contributed by atoms with Crippen LogP contribution in [0.5, 0.6) is 0 Å². The van der Waals surface area contributed by atoms with Crippen LogP contribution in [0.1, 0.15) is 11.1 Å². The van der Waals surface area contributed by atoms with E-state index in [2.05, 4.69) is 22.4 Å². The van der Waals surface area contributed by atoms with E-state index >= 15 is 0 Å². The maximum atomic E-state index is 8.67. The average Bonchev–Trinajstić information content (AvgIpc) is 2.26. The highest BCUT2D eigenvalue weighted by Crippen LogP contribution is 2.15. The van der Waals surface area contributed by atoms with E-state index in [1.54, 1.807) is 0 Å². The lowest BCUT2D eigenvalue weighted by Gasteiger charge is -2.16. The summed E-state index contributed by atoms with van der Waals surface area (Å²) in [6.45, 7) is 1.49. The van der Waals surface area contributed by atoms with Crippen molar-refractivity contribution in [1.82, 2.24) is 5.32 Å². The van der Waals surface area contributed by atoms with E-state index in [4.69, 9.17) is 5.11 Å². The molecule has 0 aromatic heterocycles. The van der Waals surface area contributed by atoms with Gasteiger partial charge in [-0.2, -0.15) is 0 Å². The normalized spacial score (nSPS) is 14.5. The Bertz CT molecular complexity index is 347. The first-order valence-corrected chi connectivity index (χ1v) is 4.85. The molecule has 1 aromatic rings. The van der Waals surface area contributed by atoms with Crippen LogP contribution >= 0.6 is 0 Å². The van der Waals surface area contributed by atoms with Gasteiger partial charge in [0.05, 0.1) is 13.2 Å². The third-order valence-electron chi connectivity index (χ3n) is 2.36. The highest BCUT2D eigenvalue weighted by Gasteiger charge is 2.10. The van der Waals surface area contributed by atoms with Crippen molar-refractivity contribution in [2.45, 2.75) is 13.0 Å². The molecule has 3 heteroatoms. The maximum absolute atomic E-state index is 8.67. The van der Waals surface area contributed by atoms with Gasteiger partial charge in [0.1, 0.15) is 5.84 Å². The summed E-state index contributed by atoms with van der Waals surface area (Å²) in [5, 5.41) is 11.8. The molecule has 0 saturated carbocycles. The molecule has 14 heavy (non-hydrogen) atoms. The van der Waals surface area contributed by atoms with E-state index < -0.39 is 0 Å². The minimum absolute atomic E-state index is 0.153. The van der Waals surface area contributed by atoms with Gasteiger partial charge in [0.15, 0.2) is 0 Å². The fourth-order valence-electron chi connectivity index (χ4n) is 1.62. The topological polar surface area (TPSA) is 44.6 Å². The number of fused-ring (bicyclic) bond motifs is 1. The Morgan fingerprint density at radius 1 is 1.29 bits per heavy atom. The molecule has 0 aliphatic carbocycles. The zero-order valence-electron chi connectivity index (χ0n) is 8.03. The fraction of sp³-hybridized carbons (Fsp3) is 0.364. The van der Waals surface area contributed by atoms with E-state index in [1.807, 2.05) is 12.1 Å². The number of amidine groups is 1. The number of hydrogen-bond donors (Lipinski definition) is 2. The number of aliphatic hydroxyl groups is 1. The Morgan fingerprint density at radius 3 is 2.86 bits per heavy atom. The quantitative estimate of drug-likeness (QED) is 0.722. The van der Waals surface area contributed by atoms with Crippen molar-refractivity contribution in [2.24, 2.45) is 4.99 Å². The standard InChI is InChI=1S/C11H14N2O/c14-6-5-12-11-7-9-3-1-2-4-10(9)8-13-11/h1-4,14H,5-8H2,(H,12,13). The maximum Gasteiger partial charge on any atom is 0.101 e. The minimum Gasteiger partial charge on any atom is -0.395 e. The Labute approximate surface area is 83.5 Å². The fourth-order valence-corrected chi connectivity index (χ4v) is 1.62. The monoisotopic (exact) mass is 190 g/mol. The summed E-state index contributed by atoms with van der Waals surface area (Å²) in [5.41, 5.74) is 2.64. The second-order valence-electron chi connectivity index (χ2n) is 3.36. The summed E-state index contributed by atoms with van der Waals surface area (Å²) >= 11 is 0. The van der Waals surface area contributed by atoms with Crippen molar-refractivity contribution in [1.29, 1.82) is 0 Å². The average molecular weight is 190 g/mol. The van der Waals surface area contributed by atoms with Crippen molar-refractivity contribution < 1.29 is 5.11 Å². The van der Waals surface area contributed by atoms with Crippen molar-refractivity contribution in [2.75, 3.05) is 13.2 Å². The molecule has 0 bridgehead atoms. The molecule has 0 fully saturated rings. The van der Waals surface area contributed by atoms with Crippen molar-refractivity contribution in [3.05, 3.63) is 35.4 Å². The molecule has 0 unspecified atom stereocenters. The molecule has 1 aliphatic rings. The van der Waals surface area contributed by atoms with E-state index in [1.165, 1.54) is 11.1 Å². The number of benzene rings is 1. The van der Waals surface area contributed by atoms with Crippen LogP contribution in [-0.2, 0) is 13.0 Å². The number of nitrogens with one attached hydrogen (secondary N) is 1. The van der Waals surface area contributed by atoms with Crippen LogP contribution in [0.2, 0.25) is 0 Å². The van der Waals surface area contributed by atoms with Crippen LogP contribution in [-0.4, -0.2) is 24.1 Å². The van der Waals surface area contributed by atoms with Gasteiger partial charge in [-0.05, 0) is 11.1 Å². The van der Waals surface area contributed by atoms with Crippen molar-refractivity contribution >= 4 is 5.84 Å². The Hall–Kier alpha value is -1.35. The first kappa shape index (κ1) is 9.21. The second-order valence-corrected chi connectivity index (χ2v) is 3.36. The highest BCUT2D eigenvalue weighted by molar-refractivity contribution is 5.85. The molecule has 74 valence electrons. The number of nitrogens with zero attached hydrogens (tertiary/aromatic N) is 1. The zero-order valence-corrected chi connectivity index (χ0v) is 8.03. The van der Waals surface area contributed by atoms with Gasteiger partial charge in [-0.1, -0.05) is 24.3 Å². The van der Waals surface area contributed by atoms with E-state index in [0.717, 1.165) is 18.8 Å². The SMILES string of the molecule is OCCNC1=NCc2ccccc2C1. The first-order valence-electron chi connectivity index (χ1n) is 4.85. The highest BCUT2D eigenvalue weighted by atomic mass is 16.3. The summed E-state index contributed by atoms with van der Waals surface area (Å²) in [6, 6.07) is 8.33. The summed E-state index contributed by atoms with van der Waals surface area (Å²) in [5.74, 6) is 0.984. The molecule has 1 aromatic carbocycles. The van der Waals surface area contributed by atoms with Gasteiger partial charge in [0.2, 0.25) is 0 Å². The minimum atomic E-state index is 0.153. The number of aliphatic imine (C=N–C) groups is 1. The summed E-state index contributed by atoms with van der Waals surface area (Å²) in [7, 11) is 0. The largest absolute Gasteiger partial charge is 0.395 e. The molecule has 3 nitrogen and oxygen atoms in total. The molecular weight excluding hydrogens is 176 g/mol. The van der Waals surface area contributed by atoms with Gasteiger partial charge >= 0.3 is 0 Å². The number of hydrogen-bond acceptors (Lipinski definition) is 3. The molecule has 2 N–H and O–H groups in total. The van der Waals surface area contributed by atoms with Crippen LogP contribution < -0.4 is 5.32 Å². The summed E-state index contributed by atoms with van der Waals surface area (Å²) < 4.78 is 0. The van der Waals surface area contributed by atoms with Gasteiger partial charge in [0.25, 0.3) is 0 Å². The van der Waals surface area contributed by atoms with E-state index in [9.17, 15) is 0 Å². The van der Waals surface area contributed by atoms with Crippen molar-refractivity contribution in [3.8, 4) is 0 Å². The van der Waals surface area contributed by atoms with Crippen LogP contribution in [0.4, 0.5) is 0 Å². The molecular formula is C11H14N2O. The molecule has 2 rings (SSSR count). The molecule has 0 spiro atoms. The second kappa shape index (κ2) is 4.24. The van der Waals surface area contributed by atoms with Crippen molar-refractivity contribution in [3.63, 3.8) is 0 Å². The Kier molecular flexibility index (Phi) is 2.79. The van der Waals surface area contributed by atoms with E-state index in [0.29, 0.717) is 6.54 Å². The summed E-state index contributed by atoms with van der Waals surface area (Å²) in [4.78, 5) is 4.40. The molecule has 0 saturated heterocycles. The van der Waals surface area contributed by atoms with Gasteiger partial charge < -0.3 is 10.4 Å². The van der Waals surface area contributed by atoms with E-state index in [-0.39, 0.29) is 6.61 Å². The lowest BCUT2D eigenvalue weighted by Crippen LogP contribution is -2.30.